The maximum atomic E-state index is 13.3. The highest BCUT2D eigenvalue weighted by Gasteiger charge is 2.22. The minimum atomic E-state index is 0.0991. The largest absolute Gasteiger partial charge is 0.383 e. The minimum absolute atomic E-state index is 0.0991. The van der Waals surface area contributed by atoms with Crippen LogP contribution in [0, 0.1) is 0 Å². The first-order chi connectivity index (χ1) is 12.8. The molecule has 0 aliphatic heterocycles. The summed E-state index contributed by atoms with van der Waals surface area (Å²) < 4.78 is 7.04. The maximum Gasteiger partial charge on any atom is 0.263 e. The van der Waals surface area contributed by atoms with Crippen molar-refractivity contribution in [3.63, 3.8) is 0 Å². The van der Waals surface area contributed by atoms with Crippen LogP contribution in [0.4, 0.5) is 0 Å². The fraction of sp³-hybridized carbons (Fsp3) is 0.400. The minimum Gasteiger partial charge on any atom is -0.383 e. The van der Waals surface area contributed by atoms with Crippen LogP contribution in [0.3, 0.4) is 0 Å². The Morgan fingerprint density at radius 2 is 2.04 bits per heavy atom. The SMILES string of the molecule is COCCn1c(SCc2ccccc2)nc2sc3c(c2c1=O)CCCC3. The van der Waals surface area contributed by atoms with Crippen molar-refractivity contribution >= 4 is 33.3 Å². The number of aromatic nitrogens is 2. The van der Waals surface area contributed by atoms with Crippen LogP contribution >= 0.6 is 23.1 Å². The Hall–Kier alpha value is -1.63. The number of hydrogen-bond donors (Lipinski definition) is 0. The molecule has 4 rings (SSSR count). The van der Waals surface area contributed by atoms with Crippen molar-refractivity contribution in [3.05, 3.63) is 56.7 Å². The third-order valence-electron chi connectivity index (χ3n) is 4.77. The average Bonchev–Trinajstić information content (AvgIpc) is 3.05. The van der Waals surface area contributed by atoms with Crippen molar-refractivity contribution in [1.82, 2.24) is 9.55 Å². The van der Waals surface area contributed by atoms with E-state index in [0.29, 0.717) is 13.2 Å². The van der Waals surface area contributed by atoms with Crippen molar-refractivity contribution in [2.45, 2.75) is 43.1 Å². The molecule has 4 nitrogen and oxygen atoms in total. The molecule has 0 saturated carbocycles. The van der Waals surface area contributed by atoms with Gasteiger partial charge in [0, 0.05) is 17.7 Å². The molecule has 2 aromatic heterocycles. The smallest absolute Gasteiger partial charge is 0.263 e. The molecule has 6 heteroatoms. The molecule has 0 radical (unpaired) electrons. The van der Waals surface area contributed by atoms with Crippen LogP contribution in [0.15, 0.2) is 40.3 Å². The Morgan fingerprint density at radius 3 is 2.85 bits per heavy atom. The monoisotopic (exact) mass is 386 g/mol. The second-order valence-corrected chi connectivity index (χ2v) is 8.54. The van der Waals surface area contributed by atoms with E-state index in [1.165, 1.54) is 28.8 Å². The number of methoxy groups -OCH3 is 1. The molecule has 0 saturated heterocycles. The van der Waals surface area contributed by atoms with Gasteiger partial charge in [0.1, 0.15) is 4.83 Å². The van der Waals surface area contributed by atoms with Crippen LogP contribution in [0.25, 0.3) is 10.2 Å². The molecule has 0 atom stereocenters. The second kappa shape index (κ2) is 7.94. The predicted octanol–water partition coefficient (Wildman–Crippen LogP) is 4.28. The van der Waals surface area contributed by atoms with Crippen LogP contribution in [0.1, 0.15) is 28.8 Å². The molecule has 0 unspecified atom stereocenters. The predicted molar refractivity (Wildman–Crippen MR) is 108 cm³/mol. The van der Waals surface area contributed by atoms with Gasteiger partial charge in [0.05, 0.1) is 18.5 Å². The topological polar surface area (TPSA) is 44.1 Å². The van der Waals surface area contributed by atoms with E-state index in [1.807, 2.05) is 18.2 Å². The van der Waals surface area contributed by atoms with Crippen molar-refractivity contribution in [1.29, 1.82) is 0 Å². The number of hydrogen-bond acceptors (Lipinski definition) is 5. The molecule has 0 fully saturated rings. The summed E-state index contributed by atoms with van der Waals surface area (Å²) in [6, 6.07) is 10.3. The van der Waals surface area contributed by atoms with Gasteiger partial charge >= 0.3 is 0 Å². The van der Waals surface area contributed by atoms with E-state index in [4.69, 9.17) is 9.72 Å². The second-order valence-electron chi connectivity index (χ2n) is 6.51. The molecule has 1 aromatic carbocycles. The van der Waals surface area contributed by atoms with Gasteiger partial charge in [-0.1, -0.05) is 42.1 Å². The van der Waals surface area contributed by atoms with Gasteiger partial charge in [-0.15, -0.1) is 11.3 Å². The van der Waals surface area contributed by atoms with Gasteiger partial charge in [0.2, 0.25) is 0 Å². The van der Waals surface area contributed by atoms with Crippen molar-refractivity contribution < 1.29 is 4.74 Å². The fourth-order valence-electron chi connectivity index (χ4n) is 3.43. The zero-order valence-electron chi connectivity index (χ0n) is 14.9. The zero-order valence-corrected chi connectivity index (χ0v) is 16.5. The van der Waals surface area contributed by atoms with E-state index in [9.17, 15) is 4.79 Å². The Morgan fingerprint density at radius 1 is 1.23 bits per heavy atom. The number of rotatable bonds is 6. The van der Waals surface area contributed by atoms with Crippen LogP contribution in [0.5, 0.6) is 0 Å². The molecule has 0 N–H and O–H groups in total. The summed E-state index contributed by atoms with van der Waals surface area (Å²) in [5.41, 5.74) is 2.58. The lowest BCUT2D eigenvalue weighted by molar-refractivity contribution is 0.183. The highest BCUT2D eigenvalue weighted by molar-refractivity contribution is 7.98. The summed E-state index contributed by atoms with van der Waals surface area (Å²) in [6.07, 6.45) is 4.47. The van der Waals surface area contributed by atoms with Gasteiger partial charge in [-0.05, 0) is 36.8 Å². The molecule has 3 aromatic rings. The number of thiophene rings is 1. The highest BCUT2D eigenvalue weighted by Crippen LogP contribution is 2.35. The zero-order chi connectivity index (χ0) is 17.9. The molecule has 2 heterocycles. The molecular weight excluding hydrogens is 364 g/mol. The van der Waals surface area contributed by atoms with Gasteiger partial charge in [0.15, 0.2) is 5.16 Å². The van der Waals surface area contributed by atoms with Gasteiger partial charge in [-0.3, -0.25) is 9.36 Å². The van der Waals surface area contributed by atoms with E-state index in [2.05, 4.69) is 12.1 Å². The Labute approximate surface area is 161 Å². The van der Waals surface area contributed by atoms with E-state index in [1.54, 1.807) is 34.8 Å². The number of thioether (sulfide) groups is 1. The molecule has 0 spiro atoms. The van der Waals surface area contributed by atoms with Crippen LogP contribution in [0.2, 0.25) is 0 Å². The Balaban J connectivity index is 1.76. The first-order valence-electron chi connectivity index (χ1n) is 8.98. The third kappa shape index (κ3) is 3.46. The maximum absolute atomic E-state index is 13.3. The summed E-state index contributed by atoms with van der Waals surface area (Å²) in [5.74, 6) is 0.802. The summed E-state index contributed by atoms with van der Waals surface area (Å²) >= 11 is 3.34. The van der Waals surface area contributed by atoms with E-state index in [0.717, 1.165) is 34.0 Å². The standard InChI is InChI=1S/C20H22N2O2S2/c1-24-12-11-22-19(23)17-15-9-5-6-10-16(15)26-18(17)21-20(22)25-13-14-7-3-2-4-8-14/h2-4,7-8H,5-6,9-13H2,1H3. The molecule has 0 bridgehead atoms. The van der Waals surface area contributed by atoms with E-state index in [-0.39, 0.29) is 5.56 Å². The summed E-state index contributed by atoms with van der Waals surface area (Å²) in [6.45, 7) is 1.05. The van der Waals surface area contributed by atoms with Gasteiger partial charge in [0.25, 0.3) is 5.56 Å². The van der Waals surface area contributed by atoms with Crippen LogP contribution in [-0.2, 0) is 29.9 Å². The van der Waals surface area contributed by atoms with Gasteiger partial charge < -0.3 is 4.74 Å². The summed E-state index contributed by atoms with van der Waals surface area (Å²) in [7, 11) is 1.67. The van der Waals surface area contributed by atoms with Gasteiger partial charge in [-0.25, -0.2) is 4.98 Å². The van der Waals surface area contributed by atoms with Crippen LogP contribution < -0.4 is 5.56 Å². The highest BCUT2D eigenvalue weighted by atomic mass is 32.2. The molecule has 0 amide bonds. The van der Waals surface area contributed by atoms with Crippen molar-refractivity contribution in [3.8, 4) is 0 Å². The molecule has 1 aliphatic carbocycles. The lowest BCUT2D eigenvalue weighted by Crippen LogP contribution is -2.25. The third-order valence-corrected chi connectivity index (χ3v) is 7.00. The molecule has 136 valence electrons. The van der Waals surface area contributed by atoms with Crippen molar-refractivity contribution in [2.75, 3.05) is 13.7 Å². The first kappa shape index (κ1) is 17.8. The molecule has 26 heavy (non-hydrogen) atoms. The molecule has 1 aliphatic rings. The lowest BCUT2D eigenvalue weighted by atomic mass is 9.97. The number of aryl methyl sites for hydroxylation is 2. The number of benzene rings is 1. The average molecular weight is 387 g/mol. The number of fused-ring (bicyclic) bond motifs is 3. The summed E-state index contributed by atoms with van der Waals surface area (Å²) in [5, 5.41) is 1.65. The van der Waals surface area contributed by atoms with Crippen LogP contribution in [-0.4, -0.2) is 23.3 Å². The number of nitrogens with zero attached hydrogens (tertiary/aromatic N) is 2. The normalized spacial score (nSPS) is 13.9. The fourth-order valence-corrected chi connectivity index (χ4v) is 5.72. The quantitative estimate of drug-likeness (QED) is 0.469. The molecular formula is C20H22N2O2S2. The Bertz CT molecular complexity index is 963. The van der Waals surface area contributed by atoms with E-state index >= 15 is 0 Å². The first-order valence-corrected chi connectivity index (χ1v) is 10.8. The Kier molecular flexibility index (Phi) is 5.43. The number of ether oxygens (including phenoxy) is 1. The summed E-state index contributed by atoms with van der Waals surface area (Å²) in [4.78, 5) is 20.4. The lowest BCUT2D eigenvalue weighted by Gasteiger charge is -2.13. The van der Waals surface area contributed by atoms with E-state index < -0.39 is 0 Å². The van der Waals surface area contributed by atoms with Crippen molar-refractivity contribution in [2.24, 2.45) is 0 Å². The van der Waals surface area contributed by atoms with Gasteiger partial charge in [-0.2, -0.15) is 0 Å².